The molecule has 3 rings (SSSR count). The number of hydrogen-bond donors (Lipinski definition) is 1. The largest absolute Gasteiger partial charge is 0.486 e. The summed E-state index contributed by atoms with van der Waals surface area (Å²) in [7, 11) is 4.10. The maximum Gasteiger partial charge on any atom is 0.161 e. The number of hydrogen-bond acceptors (Lipinski definition) is 4. The molecule has 4 heteroatoms. The highest BCUT2D eigenvalue weighted by atomic mass is 16.6. The zero-order valence-corrected chi connectivity index (χ0v) is 13.8. The molecule has 23 heavy (non-hydrogen) atoms. The van der Waals surface area contributed by atoms with Crippen LogP contribution in [0.15, 0.2) is 42.5 Å². The molecule has 0 saturated heterocycles. The van der Waals surface area contributed by atoms with Crippen LogP contribution in [-0.2, 0) is 6.42 Å². The second kappa shape index (κ2) is 6.92. The lowest BCUT2D eigenvalue weighted by molar-refractivity contribution is 0.171. The summed E-state index contributed by atoms with van der Waals surface area (Å²) in [4.78, 5) is 2.10. The summed E-state index contributed by atoms with van der Waals surface area (Å²) in [5.41, 5.74) is 9.97. The number of fused-ring (bicyclic) bond motifs is 1. The molecule has 0 bridgehead atoms. The minimum Gasteiger partial charge on any atom is -0.486 e. The molecule has 2 aromatic carbocycles. The number of anilines is 1. The molecule has 0 spiro atoms. The standard InChI is InChI=1S/C19H24N2O2/c1-21(2)16-7-3-14(4-8-16)5-9-17(20)15-6-10-18-19(13-15)23-12-11-22-18/h3-4,6-8,10,13,17H,5,9,11-12,20H2,1-2H3. The Kier molecular flexibility index (Phi) is 4.72. The van der Waals surface area contributed by atoms with Gasteiger partial charge in [0.25, 0.3) is 0 Å². The molecule has 1 unspecified atom stereocenters. The van der Waals surface area contributed by atoms with E-state index in [0.717, 1.165) is 29.9 Å². The van der Waals surface area contributed by atoms with Crippen molar-refractivity contribution in [2.45, 2.75) is 18.9 Å². The number of nitrogens with zero attached hydrogens (tertiary/aromatic N) is 1. The summed E-state index contributed by atoms with van der Waals surface area (Å²) in [5, 5.41) is 0. The molecule has 1 aliphatic heterocycles. The highest BCUT2D eigenvalue weighted by Gasteiger charge is 2.14. The van der Waals surface area contributed by atoms with E-state index in [-0.39, 0.29) is 6.04 Å². The Labute approximate surface area is 137 Å². The monoisotopic (exact) mass is 312 g/mol. The van der Waals surface area contributed by atoms with E-state index in [1.54, 1.807) is 0 Å². The van der Waals surface area contributed by atoms with E-state index in [0.29, 0.717) is 13.2 Å². The van der Waals surface area contributed by atoms with Crippen molar-refractivity contribution in [2.75, 3.05) is 32.2 Å². The molecule has 2 N–H and O–H groups in total. The first-order valence-corrected chi connectivity index (χ1v) is 8.05. The second-order valence-electron chi connectivity index (χ2n) is 6.11. The van der Waals surface area contributed by atoms with Gasteiger partial charge in [-0.15, -0.1) is 0 Å². The third-order valence-electron chi connectivity index (χ3n) is 4.19. The van der Waals surface area contributed by atoms with Crippen molar-refractivity contribution in [2.24, 2.45) is 5.73 Å². The van der Waals surface area contributed by atoms with Gasteiger partial charge in [-0.05, 0) is 48.2 Å². The van der Waals surface area contributed by atoms with E-state index in [1.165, 1.54) is 11.3 Å². The second-order valence-corrected chi connectivity index (χ2v) is 6.11. The third-order valence-corrected chi connectivity index (χ3v) is 4.19. The smallest absolute Gasteiger partial charge is 0.161 e. The van der Waals surface area contributed by atoms with Crippen LogP contribution in [0.3, 0.4) is 0 Å². The Morgan fingerprint density at radius 3 is 2.39 bits per heavy atom. The zero-order valence-electron chi connectivity index (χ0n) is 13.8. The van der Waals surface area contributed by atoms with Gasteiger partial charge in [0.05, 0.1) is 0 Å². The molecule has 0 radical (unpaired) electrons. The quantitative estimate of drug-likeness (QED) is 0.921. The zero-order chi connectivity index (χ0) is 16.2. The van der Waals surface area contributed by atoms with E-state index < -0.39 is 0 Å². The number of aryl methyl sites for hydroxylation is 1. The van der Waals surface area contributed by atoms with Crippen LogP contribution < -0.4 is 20.1 Å². The van der Waals surface area contributed by atoms with Crippen LogP contribution in [0.1, 0.15) is 23.6 Å². The van der Waals surface area contributed by atoms with Crippen LogP contribution >= 0.6 is 0 Å². The molecule has 4 nitrogen and oxygen atoms in total. The molecule has 122 valence electrons. The average Bonchev–Trinajstić information content (AvgIpc) is 2.59. The first-order chi connectivity index (χ1) is 11.1. The molecule has 0 aliphatic carbocycles. The molecule has 2 aromatic rings. The van der Waals surface area contributed by atoms with Gasteiger partial charge in [0.15, 0.2) is 11.5 Å². The first kappa shape index (κ1) is 15.7. The highest BCUT2D eigenvalue weighted by molar-refractivity contribution is 5.46. The summed E-state index contributed by atoms with van der Waals surface area (Å²) >= 11 is 0. The lowest BCUT2D eigenvalue weighted by Gasteiger charge is -2.20. The number of benzene rings is 2. The molecule has 0 amide bonds. The SMILES string of the molecule is CN(C)c1ccc(CCC(N)c2ccc3c(c2)OCCO3)cc1. The Balaban J connectivity index is 1.61. The van der Waals surface area contributed by atoms with Crippen molar-refractivity contribution in [1.82, 2.24) is 0 Å². The van der Waals surface area contributed by atoms with E-state index in [2.05, 4.69) is 29.2 Å². The summed E-state index contributed by atoms with van der Waals surface area (Å²) in [6.45, 7) is 1.21. The molecule has 1 atom stereocenters. The lowest BCUT2D eigenvalue weighted by atomic mass is 9.99. The number of nitrogens with two attached hydrogens (primary N) is 1. The predicted octanol–water partition coefficient (Wildman–Crippen LogP) is 3.16. The normalized spacial score (nSPS) is 14.4. The van der Waals surface area contributed by atoms with Gasteiger partial charge in [0.1, 0.15) is 13.2 Å². The van der Waals surface area contributed by atoms with Crippen LogP contribution in [-0.4, -0.2) is 27.3 Å². The van der Waals surface area contributed by atoms with E-state index >= 15 is 0 Å². The molecular weight excluding hydrogens is 288 g/mol. The maximum absolute atomic E-state index is 6.35. The fourth-order valence-electron chi connectivity index (χ4n) is 2.74. The number of rotatable bonds is 5. The average molecular weight is 312 g/mol. The highest BCUT2D eigenvalue weighted by Crippen LogP contribution is 2.33. The molecule has 0 aromatic heterocycles. The minimum absolute atomic E-state index is 0.000600. The first-order valence-electron chi connectivity index (χ1n) is 8.05. The Hall–Kier alpha value is -2.20. The van der Waals surface area contributed by atoms with Gasteiger partial charge in [-0.2, -0.15) is 0 Å². The predicted molar refractivity (Wildman–Crippen MR) is 93.5 cm³/mol. The van der Waals surface area contributed by atoms with E-state index in [9.17, 15) is 0 Å². The summed E-state index contributed by atoms with van der Waals surface area (Å²) in [5.74, 6) is 1.62. The van der Waals surface area contributed by atoms with Crippen LogP contribution in [0.4, 0.5) is 5.69 Å². The van der Waals surface area contributed by atoms with Crippen molar-refractivity contribution in [3.8, 4) is 11.5 Å². The van der Waals surface area contributed by atoms with Crippen molar-refractivity contribution in [3.63, 3.8) is 0 Å². The molecule has 0 saturated carbocycles. The molecule has 1 aliphatic rings. The molecule has 1 heterocycles. The summed E-state index contributed by atoms with van der Waals surface area (Å²) < 4.78 is 11.2. The third kappa shape index (κ3) is 3.77. The summed E-state index contributed by atoms with van der Waals surface area (Å²) in [6, 6.07) is 14.6. The van der Waals surface area contributed by atoms with Crippen molar-refractivity contribution in [1.29, 1.82) is 0 Å². The van der Waals surface area contributed by atoms with Crippen molar-refractivity contribution in [3.05, 3.63) is 53.6 Å². The van der Waals surface area contributed by atoms with Crippen LogP contribution in [0, 0.1) is 0 Å². The van der Waals surface area contributed by atoms with E-state index in [1.807, 2.05) is 32.3 Å². The maximum atomic E-state index is 6.35. The van der Waals surface area contributed by atoms with Crippen molar-refractivity contribution < 1.29 is 9.47 Å². The van der Waals surface area contributed by atoms with Crippen LogP contribution in [0.2, 0.25) is 0 Å². The topological polar surface area (TPSA) is 47.7 Å². The Bertz CT molecular complexity index is 653. The lowest BCUT2D eigenvalue weighted by Crippen LogP contribution is -2.17. The van der Waals surface area contributed by atoms with Gasteiger partial charge in [-0.3, -0.25) is 0 Å². The Morgan fingerprint density at radius 2 is 1.70 bits per heavy atom. The van der Waals surface area contributed by atoms with Crippen LogP contribution in [0.5, 0.6) is 11.5 Å². The molecular formula is C19H24N2O2. The van der Waals surface area contributed by atoms with Gasteiger partial charge in [0, 0.05) is 25.8 Å². The van der Waals surface area contributed by atoms with Gasteiger partial charge in [-0.25, -0.2) is 0 Å². The van der Waals surface area contributed by atoms with Crippen molar-refractivity contribution >= 4 is 5.69 Å². The van der Waals surface area contributed by atoms with Gasteiger partial charge in [-0.1, -0.05) is 18.2 Å². The summed E-state index contributed by atoms with van der Waals surface area (Å²) in [6.07, 6.45) is 1.87. The van der Waals surface area contributed by atoms with Crippen LogP contribution in [0.25, 0.3) is 0 Å². The van der Waals surface area contributed by atoms with E-state index in [4.69, 9.17) is 15.2 Å². The fourth-order valence-corrected chi connectivity index (χ4v) is 2.74. The Morgan fingerprint density at radius 1 is 1.00 bits per heavy atom. The molecule has 0 fully saturated rings. The van der Waals surface area contributed by atoms with Gasteiger partial charge >= 0.3 is 0 Å². The van der Waals surface area contributed by atoms with Gasteiger partial charge < -0.3 is 20.1 Å². The van der Waals surface area contributed by atoms with Gasteiger partial charge in [0.2, 0.25) is 0 Å². The number of ether oxygens (including phenoxy) is 2. The fraction of sp³-hybridized carbons (Fsp3) is 0.368. The minimum atomic E-state index is -0.000600.